The first-order chi connectivity index (χ1) is 13.6. The molecule has 5 atom stereocenters. The molecule has 0 aromatic heterocycles. The van der Waals surface area contributed by atoms with Gasteiger partial charge in [-0.15, -0.1) is 0 Å². The average molecular weight is 375 g/mol. The normalized spacial score (nSPS) is 30.6. The van der Waals surface area contributed by atoms with Crippen molar-refractivity contribution >= 4 is 17.8 Å². The van der Waals surface area contributed by atoms with Crippen LogP contribution in [0.3, 0.4) is 0 Å². The monoisotopic (exact) mass is 375 g/mol. The molecular weight excluding hydrogens is 354 g/mol. The van der Waals surface area contributed by atoms with Gasteiger partial charge in [-0.25, -0.2) is 4.79 Å². The zero-order chi connectivity index (χ0) is 19.3. The standard InChI is InChI=1S/C23H21NO4/c25-19(28-16-9-5-2-6-10-16)13-24-22(26)20-15-11-17(14-7-3-1-4-8-14)18(12-15)21(20)23(24)27/h1-10,15,17-18,20-21H,11-13H2/t15-,17-,18+,20+,21+/m0/s1. The van der Waals surface area contributed by atoms with Gasteiger partial charge in [-0.2, -0.15) is 0 Å². The molecule has 142 valence electrons. The van der Waals surface area contributed by atoms with Gasteiger partial charge in [-0.05, 0) is 48.3 Å². The molecule has 2 saturated carbocycles. The second-order valence-electron chi connectivity index (χ2n) is 8.01. The SMILES string of the molecule is O=C(CN1C(=O)[C@@H]2[C@@H]3C[C@@H]([C@H]2C1=O)[C@H](c1ccccc1)C3)Oc1ccccc1. The first kappa shape index (κ1) is 17.2. The molecular formula is C23H21NO4. The molecule has 5 heteroatoms. The number of ether oxygens (including phenoxy) is 1. The summed E-state index contributed by atoms with van der Waals surface area (Å²) in [4.78, 5) is 39.4. The third-order valence-electron chi connectivity index (χ3n) is 6.60. The van der Waals surface area contributed by atoms with Crippen LogP contribution in [0.1, 0.15) is 24.3 Å². The minimum absolute atomic E-state index is 0.184. The number of nitrogens with zero attached hydrogens (tertiary/aromatic N) is 1. The van der Waals surface area contributed by atoms with E-state index in [1.807, 2.05) is 24.3 Å². The molecule has 1 saturated heterocycles. The number of amides is 2. The third kappa shape index (κ3) is 2.65. The van der Waals surface area contributed by atoms with Crippen LogP contribution in [-0.2, 0) is 14.4 Å². The number of esters is 1. The summed E-state index contributed by atoms with van der Waals surface area (Å²) in [5.74, 6) is -0.387. The van der Waals surface area contributed by atoms with E-state index in [0.29, 0.717) is 11.7 Å². The fraction of sp³-hybridized carbons (Fsp3) is 0.348. The Morgan fingerprint density at radius 1 is 0.893 bits per heavy atom. The second-order valence-corrected chi connectivity index (χ2v) is 8.01. The molecule has 1 aliphatic heterocycles. The quantitative estimate of drug-likeness (QED) is 0.468. The second kappa shape index (κ2) is 6.59. The number of carbonyl (C=O) groups excluding carboxylic acids is 3. The minimum atomic E-state index is -0.583. The van der Waals surface area contributed by atoms with Crippen LogP contribution in [0, 0.1) is 23.7 Å². The van der Waals surface area contributed by atoms with Crippen LogP contribution in [0.2, 0.25) is 0 Å². The first-order valence-corrected chi connectivity index (χ1v) is 9.79. The average Bonchev–Trinajstić information content (AvgIpc) is 3.37. The summed E-state index contributed by atoms with van der Waals surface area (Å²) in [7, 11) is 0. The molecule has 3 fully saturated rings. The number of likely N-dealkylation sites (tertiary alicyclic amines) is 1. The number of benzene rings is 2. The van der Waals surface area contributed by atoms with Crippen molar-refractivity contribution in [1.29, 1.82) is 0 Å². The van der Waals surface area contributed by atoms with Gasteiger partial charge in [0.25, 0.3) is 0 Å². The summed E-state index contributed by atoms with van der Waals surface area (Å²) in [6.07, 6.45) is 1.87. The third-order valence-corrected chi connectivity index (χ3v) is 6.60. The van der Waals surface area contributed by atoms with E-state index in [1.54, 1.807) is 24.3 Å². The Morgan fingerprint density at radius 2 is 1.54 bits per heavy atom. The molecule has 5 nitrogen and oxygen atoms in total. The van der Waals surface area contributed by atoms with E-state index in [0.717, 1.165) is 17.7 Å². The van der Waals surface area contributed by atoms with Crippen molar-refractivity contribution < 1.29 is 19.1 Å². The molecule has 28 heavy (non-hydrogen) atoms. The van der Waals surface area contributed by atoms with Crippen LogP contribution in [0.25, 0.3) is 0 Å². The number of hydrogen-bond acceptors (Lipinski definition) is 4. The Kier molecular flexibility index (Phi) is 4.04. The smallest absolute Gasteiger partial charge is 0.331 e. The number of carbonyl (C=O) groups is 3. The van der Waals surface area contributed by atoms with Crippen molar-refractivity contribution in [2.45, 2.75) is 18.8 Å². The highest BCUT2D eigenvalue weighted by Gasteiger charge is 2.64. The first-order valence-electron chi connectivity index (χ1n) is 9.79. The summed E-state index contributed by atoms with van der Waals surface area (Å²) in [6.45, 7) is -0.311. The number of imide groups is 1. The highest BCUT2D eigenvalue weighted by atomic mass is 16.5. The largest absolute Gasteiger partial charge is 0.425 e. The van der Waals surface area contributed by atoms with Gasteiger partial charge in [-0.3, -0.25) is 14.5 Å². The zero-order valence-corrected chi connectivity index (χ0v) is 15.4. The van der Waals surface area contributed by atoms with Gasteiger partial charge in [0.2, 0.25) is 11.8 Å². The van der Waals surface area contributed by atoms with Crippen LogP contribution in [0.4, 0.5) is 0 Å². The maximum atomic E-state index is 13.0. The lowest BCUT2D eigenvalue weighted by atomic mass is 9.73. The van der Waals surface area contributed by atoms with Crippen LogP contribution in [0.15, 0.2) is 60.7 Å². The van der Waals surface area contributed by atoms with Gasteiger partial charge in [-0.1, -0.05) is 48.5 Å². The minimum Gasteiger partial charge on any atom is -0.425 e. The molecule has 2 aliphatic carbocycles. The fourth-order valence-electron chi connectivity index (χ4n) is 5.54. The zero-order valence-electron chi connectivity index (χ0n) is 15.4. The number of hydrogen-bond donors (Lipinski definition) is 0. The molecule has 0 unspecified atom stereocenters. The highest BCUT2D eigenvalue weighted by molar-refractivity contribution is 6.08. The summed E-state index contributed by atoms with van der Waals surface area (Å²) in [6, 6.07) is 18.9. The predicted octanol–water partition coefficient (Wildman–Crippen LogP) is 3.02. The topological polar surface area (TPSA) is 63.7 Å². The van der Waals surface area contributed by atoms with Crippen LogP contribution in [-0.4, -0.2) is 29.2 Å². The molecule has 2 amide bonds. The van der Waals surface area contributed by atoms with Gasteiger partial charge in [0.05, 0.1) is 11.8 Å². The molecule has 0 spiro atoms. The van der Waals surface area contributed by atoms with E-state index >= 15 is 0 Å². The van der Waals surface area contributed by atoms with Gasteiger partial charge in [0.15, 0.2) is 0 Å². The highest BCUT2D eigenvalue weighted by Crippen LogP contribution is 2.61. The maximum absolute atomic E-state index is 13.0. The van der Waals surface area contributed by atoms with Crippen LogP contribution < -0.4 is 4.74 Å². The Balaban J connectivity index is 1.32. The summed E-state index contributed by atoms with van der Waals surface area (Å²) in [5, 5.41) is 0. The van der Waals surface area contributed by atoms with E-state index in [4.69, 9.17) is 4.74 Å². The molecule has 3 aliphatic rings. The summed E-state index contributed by atoms with van der Waals surface area (Å²) in [5.41, 5.74) is 1.25. The van der Waals surface area contributed by atoms with E-state index < -0.39 is 5.97 Å². The van der Waals surface area contributed by atoms with Crippen LogP contribution >= 0.6 is 0 Å². The Bertz CT molecular complexity index is 926. The molecule has 5 rings (SSSR count). The summed E-state index contributed by atoms with van der Waals surface area (Å²) >= 11 is 0. The molecule has 2 bridgehead atoms. The van der Waals surface area contributed by atoms with E-state index in [9.17, 15) is 14.4 Å². The van der Waals surface area contributed by atoms with Crippen molar-refractivity contribution in [3.63, 3.8) is 0 Å². The van der Waals surface area contributed by atoms with Crippen LogP contribution in [0.5, 0.6) is 5.75 Å². The van der Waals surface area contributed by atoms with E-state index in [-0.39, 0.29) is 42.0 Å². The Hall–Kier alpha value is -2.95. The molecule has 2 aromatic carbocycles. The molecule has 1 heterocycles. The van der Waals surface area contributed by atoms with Crippen molar-refractivity contribution in [3.05, 3.63) is 66.2 Å². The van der Waals surface area contributed by atoms with E-state index in [1.165, 1.54) is 5.56 Å². The maximum Gasteiger partial charge on any atom is 0.331 e. The Morgan fingerprint density at radius 3 is 2.25 bits per heavy atom. The summed E-state index contributed by atoms with van der Waals surface area (Å²) < 4.78 is 5.27. The van der Waals surface area contributed by atoms with Crippen molar-refractivity contribution in [2.75, 3.05) is 6.54 Å². The van der Waals surface area contributed by atoms with E-state index in [2.05, 4.69) is 12.1 Å². The molecule has 2 aromatic rings. The van der Waals surface area contributed by atoms with Crippen molar-refractivity contribution in [2.24, 2.45) is 23.7 Å². The molecule has 0 radical (unpaired) electrons. The predicted molar refractivity (Wildman–Crippen MR) is 101 cm³/mol. The van der Waals surface area contributed by atoms with Crippen molar-refractivity contribution in [3.8, 4) is 5.75 Å². The Labute approximate surface area is 163 Å². The van der Waals surface area contributed by atoms with Gasteiger partial charge in [0.1, 0.15) is 12.3 Å². The number of rotatable bonds is 4. The van der Waals surface area contributed by atoms with Crippen molar-refractivity contribution in [1.82, 2.24) is 4.90 Å². The fourth-order valence-corrected chi connectivity index (χ4v) is 5.54. The van der Waals surface area contributed by atoms with Gasteiger partial charge < -0.3 is 4.74 Å². The van der Waals surface area contributed by atoms with Gasteiger partial charge >= 0.3 is 5.97 Å². The lowest BCUT2D eigenvalue weighted by Crippen LogP contribution is -2.38. The molecule has 0 N–H and O–H groups in total. The van der Waals surface area contributed by atoms with Gasteiger partial charge in [0, 0.05) is 0 Å². The number of para-hydroxylation sites is 1. The number of fused-ring (bicyclic) bond motifs is 5. The lowest BCUT2D eigenvalue weighted by molar-refractivity contribution is -0.148. The lowest BCUT2D eigenvalue weighted by Gasteiger charge is -2.28.